The number of hydrogen-bond acceptors (Lipinski definition) is 7. The molecule has 0 aromatic carbocycles. The molecule has 0 heterocycles. The van der Waals surface area contributed by atoms with Crippen molar-refractivity contribution in [2.24, 2.45) is 10.9 Å². The molecule has 0 rings (SSSR count). The number of hydrogen-bond donors (Lipinski definition) is 2. The third kappa shape index (κ3) is 7.30. The van der Waals surface area contributed by atoms with Gasteiger partial charge in [-0.25, -0.2) is 9.59 Å². The molecule has 2 N–H and O–H groups in total. The van der Waals surface area contributed by atoms with Gasteiger partial charge in [-0.1, -0.05) is 13.8 Å². The minimum atomic E-state index is -0.914. The summed E-state index contributed by atoms with van der Waals surface area (Å²) >= 11 is 1.36. The van der Waals surface area contributed by atoms with Crippen LogP contribution >= 0.6 is 11.8 Å². The number of rotatable bonds is 9. The van der Waals surface area contributed by atoms with Gasteiger partial charge in [-0.05, 0) is 19.1 Å². The molecule has 0 aromatic heterocycles. The molecule has 0 aliphatic carbocycles. The summed E-state index contributed by atoms with van der Waals surface area (Å²) in [6, 6.07) is -2.60. The van der Waals surface area contributed by atoms with Gasteiger partial charge < -0.3 is 15.4 Å². The van der Waals surface area contributed by atoms with Crippen LogP contribution in [-0.2, 0) is 23.9 Å². The summed E-state index contributed by atoms with van der Waals surface area (Å²) in [4.78, 5) is 49.6. The first-order chi connectivity index (χ1) is 10.8. The summed E-state index contributed by atoms with van der Waals surface area (Å²) in [6.07, 6.45) is 3.14. The Morgan fingerprint density at radius 1 is 1.17 bits per heavy atom. The predicted molar refractivity (Wildman–Crippen MR) is 86.7 cm³/mol. The van der Waals surface area contributed by atoms with Crippen LogP contribution in [0.2, 0.25) is 0 Å². The lowest BCUT2D eigenvalue weighted by molar-refractivity contribution is -0.144. The molecule has 8 nitrogen and oxygen atoms in total. The van der Waals surface area contributed by atoms with Crippen LogP contribution in [0.3, 0.4) is 0 Å². The number of nitrogens with zero attached hydrogens (tertiary/aromatic N) is 1. The van der Waals surface area contributed by atoms with Crippen LogP contribution in [0, 0.1) is 5.92 Å². The second kappa shape index (κ2) is 10.8. The average Bonchev–Trinajstić information content (AvgIpc) is 2.50. The maximum atomic E-state index is 12.2. The quantitative estimate of drug-likeness (QED) is 0.342. The van der Waals surface area contributed by atoms with Gasteiger partial charge in [0.05, 0.1) is 7.11 Å². The first-order valence-electron chi connectivity index (χ1n) is 7.02. The van der Waals surface area contributed by atoms with E-state index in [1.807, 2.05) is 0 Å². The Balaban J connectivity index is 4.97. The molecule has 23 heavy (non-hydrogen) atoms. The number of carbonyl (C=O) groups excluding carboxylic acids is 4. The van der Waals surface area contributed by atoms with E-state index >= 15 is 0 Å². The van der Waals surface area contributed by atoms with Gasteiger partial charge in [0.2, 0.25) is 17.9 Å². The largest absolute Gasteiger partial charge is 0.467 e. The number of amides is 2. The van der Waals surface area contributed by atoms with Crippen molar-refractivity contribution in [3.05, 3.63) is 0 Å². The molecule has 0 aliphatic rings. The molecule has 2 amide bonds. The summed E-state index contributed by atoms with van der Waals surface area (Å²) in [6.45, 7) is 4.94. The highest BCUT2D eigenvalue weighted by Gasteiger charge is 2.28. The molecule has 130 valence electrons. The molecule has 9 heteroatoms. The van der Waals surface area contributed by atoms with Crippen molar-refractivity contribution in [1.29, 1.82) is 0 Å². The van der Waals surface area contributed by atoms with Crippen molar-refractivity contribution in [3.8, 4) is 0 Å². The van der Waals surface area contributed by atoms with Gasteiger partial charge in [0.1, 0.15) is 18.1 Å². The lowest BCUT2D eigenvalue weighted by Gasteiger charge is -2.22. The number of esters is 1. The summed E-state index contributed by atoms with van der Waals surface area (Å²) in [5, 5.41) is 5.02. The minimum Gasteiger partial charge on any atom is -0.467 e. The van der Waals surface area contributed by atoms with Gasteiger partial charge in [0.25, 0.3) is 0 Å². The molecule has 0 saturated carbocycles. The van der Waals surface area contributed by atoms with Crippen LogP contribution in [0.25, 0.3) is 0 Å². The standard InChI is InChI=1S/C14H23N3O5S/c1-8(2)11(15-7-18)13(20)17-10(6-23-5)12(19)16-9(3)14(21)22-4/h8-11H,6H2,1-5H3,(H,16,19)(H,17,20)/t9-,10-,11-/m0/s1. The molecule has 0 fully saturated rings. The molecule has 0 aliphatic heterocycles. The second-order valence-corrected chi connectivity index (χ2v) is 6.09. The second-order valence-electron chi connectivity index (χ2n) is 5.18. The van der Waals surface area contributed by atoms with Gasteiger partial charge in [-0.2, -0.15) is 16.8 Å². The van der Waals surface area contributed by atoms with Crippen LogP contribution in [0.1, 0.15) is 20.8 Å². The van der Waals surface area contributed by atoms with Crippen molar-refractivity contribution >= 4 is 35.6 Å². The first-order valence-corrected chi connectivity index (χ1v) is 8.42. The monoisotopic (exact) mass is 345 g/mol. The van der Waals surface area contributed by atoms with Gasteiger partial charge in [0, 0.05) is 5.75 Å². The van der Waals surface area contributed by atoms with E-state index in [2.05, 4.69) is 20.4 Å². The van der Waals surface area contributed by atoms with E-state index in [9.17, 15) is 19.2 Å². The topological polar surface area (TPSA) is 114 Å². The Kier molecular flexibility index (Phi) is 9.92. The van der Waals surface area contributed by atoms with Crippen LogP contribution in [0.5, 0.6) is 0 Å². The smallest absolute Gasteiger partial charge is 0.328 e. The highest BCUT2D eigenvalue weighted by Crippen LogP contribution is 2.07. The van der Waals surface area contributed by atoms with E-state index in [4.69, 9.17) is 0 Å². The number of nitrogens with one attached hydrogen (secondary N) is 2. The van der Waals surface area contributed by atoms with E-state index in [0.29, 0.717) is 5.75 Å². The van der Waals surface area contributed by atoms with Crippen molar-refractivity contribution in [3.63, 3.8) is 0 Å². The van der Waals surface area contributed by atoms with E-state index in [-0.39, 0.29) is 5.92 Å². The third-order valence-corrected chi connectivity index (χ3v) is 3.64. The van der Waals surface area contributed by atoms with E-state index in [1.165, 1.54) is 31.9 Å². The van der Waals surface area contributed by atoms with Crippen molar-refractivity contribution < 1.29 is 23.9 Å². The van der Waals surface area contributed by atoms with Crippen LogP contribution < -0.4 is 10.6 Å². The Bertz CT molecular complexity index is 477. The highest BCUT2D eigenvalue weighted by molar-refractivity contribution is 7.98. The number of methoxy groups -OCH3 is 1. The molecular formula is C14H23N3O5S. The Morgan fingerprint density at radius 2 is 1.78 bits per heavy atom. The lowest BCUT2D eigenvalue weighted by Crippen LogP contribution is -2.54. The van der Waals surface area contributed by atoms with E-state index < -0.39 is 35.9 Å². The maximum Gasteiger partial charge on any atom is 0.328 e. The Labute approximate surface area is 139 Å². The zero-order valence-corrected chi connectivity index (χ0v) is 14.7. The van der Waals surface area contributed by atoms with Gasteiger partial charge in [-0.15, -0.1) is 0 Å². The minimum absolute atomic E-state index is 0.219. The zero-order valence-electron chi connectivity index (χ0n) is 13.9. The van der Waals surface area contributed by atoms with Gasteiger partial charge >= 0.3 is 5.97 Å². The number of thioether (sulfide) groups is 1. The van der Waals surface area contributed by atoms with Gasteiger partial charge in [-0.3, -0.25) is 9.59 Å². The number of aliphatic imine (C=N–C) groups is 1. The SMILES string of the molecule is COC(=O)[C@H](C)NC(=O)[C@H](CSC)NC(=O)[C@@H](N=C=O)C(C)C. The fourth-order valence-corrected chi connectivity index (χ4v) is 2.29. The fraction of sp³-hybridized carbons (Fsp3) is 0.714. The summed E-state index contributed by atoms with van der Waals surface area (Å²) in [5.41, 5.74) is 0. The van der Waals surface area contributed by atoms with Crippen LogP contribution in [0.15, 0.2) is 4.99 Å². The molecule has 0 radical (unpaired) electrons. The normalized spacial score (nSPS) is 14.2. The highest BCUT2D eigenvalue weighted by atomic mass is 32.2. The van der Waals surface area contributed by atoms with Crippen molar-refractivity contribution in [1.82, 2.24) is 10.6 Å². The Morgan fingerprint density at radius 3 is 2.22 bits per heavy atom. The summed E-state index contributed by atoms with van der Waals surface area (Å²) in [7, 11) is 1.22. The molecule has 0 spiro atoms. The molecule has 0 saturated heterocycles. The molecule has 0 unspecified atom stereocenters. The van der Waals surface area contributed by atoms with Crippen molar-refractivity contribution in [2.45, 2.75) is 38.9 Å². The van der Waals surface area contributed by atoms with E-state index in [0.717, 1.165) is 0 Å². The summed E-state index contributed by atoms with van der Waals surface area (Å²) < 4.78 is 4.53. The number of isocyanates is 1. The predicted octanol–water partition coefficient (Wildman–Crippen LogP) is -0.128. The van der Waals surface area contributed by atoms with E-state index in [1.54, 1.807) is 20.1 Å². The molecule has 0 bridgehead atoms. The van der Waals surface area contributed by atoms with Gasteiger partial charge in [0.15, 0.2) is 0 Å². The maximum absolute atomic E-state index is 12.2. The molecule has 0 aromatic rings. The Hall–Kier alpha value is -1.86. The third-order valence-electron chi connectivity index (χ3n) is 2.97. The lowest BCUT2D eigenvalue weighted by atomic mass is 10.0. The fourth-order valence-electron chi connectivity index (χ4n) is 1.72. The average molecular weight is 345 g/mol. The molecule has 3 atom stereocenters. The number of carbonyl (C=O) groups is 3. The molecular weight excluding hydrogens is 322 g/mol. The number of ether oxygens (including phenoxy) is 1. The zero-order chi connectivity index (χ0) is 18.0. The van der Waals surface area contributed by atoms with Crippen molar-refractivity contribution in [2.75, 3.05) is 19.1 Å². The summed E-state index contributed by atoms with van der Waals surface area (Å²) in [5.74, 6) is -1.55. The van der Waals surface area contributed by atoms with Crippen LogP contribution in [-0.4, -0.2) is 61.1 Å². The van der Waals surface area contributed by atoms with Crippen LogP contribution in [0.4, 0.5) is 0 Å². The first kappa shape index (κ1) is 21.1.